The van der Waals surface area contributed by atoms with Crippen molar-refractivity contribution in [1.82, 2.24) is 10.2 Å². The Bertz CT molecular complexity index is 378. The van der Waals surface area contributed by atoms with Gasteiger partial charge in [0, 0.05) is 37.8 Å². The lowest BCUT2D eigenvalue weighted by molar-refractivity contribution is 0.179. The summed E-state index contributed by atoms with van der Waals surface area (Å²) in [7, 11) is 1.59. The molecule has 1 N–H and O–H groups in total. The summed E-state index contributed by atoms with van der Waals surface area (Å²) in [5, 5.41) is 3.30. The van der Waals surface area contributed by atoms with Gasteiger partial charge >= 0.3 is 0 Å². The molecular formula is C13H19FN2O. The molecule has 1 aromatic carbocycles. The van der Waals surface area contributed by atoms with Crippen molar-refractivity contribution in [3.63, 3.8) is 0 Å². The number of piperazine rings is 1. The van der Waals surface area contributed by atoms with Gasteiger partial charge in [-0.25, -0.2) is 4.39 Å². The SMILES string of the molecule is COc1cccc(F)c1[C@@H](C)N1CCNCC1. The third-order valence-electron chi connectivity index (χ3n) is 3.35. The van der Waals surface area contributed by atoms with Crippen molar-refractivity contribution in [3.8, 4) is 5.75 Å². The fourth-order valence-electron chi connectivity index (χ4n) is 2.35. The van der Waals surface area contributed by atoms with E-state index in [9.17, 15) is 4.39 Å². The van der Waals surface area contributed by atoms with Crippen LogP contribution >= 0.6 is 0 Å². The number of methoxy groups -OCH3 is 1. The van der Waals surface area contributed by atoms with Crippen LogP contribution in [0.2, 0.25) is 0 Å². The largest absolute Gasteiger partial charge is 0.496 e. The van der Waals surface area contributed by atoms with Crippen LogP contribution in [-0.2, 0) is 0 Å². The van der Waals surface area contributed by atoms with Gasteiger partial charge in [0.05, 0.1) is 7.11 Å². The second kappa shape index (κ2) is 5.47. The zero-order chi connectivity index (χ0) is 12.3. The number of rotatable bonds is 3. The molecule has 0 bridgehead atoms. The number of benzene rings is 1. The highest BCUT2D eigenvalue weighted by atomic mass is 19.1. The Balaban J connectivity index is 2.25. The van der Waals surface area contributed by atoms with Crippen molar-refractivity contribution in [2.75, 3.05) is 33.3 Å². The Morgan fingerprint density at radius 2 is 2.06 bits per heavy atom. The molecule has 1 atom stereocenters. The topological polar surface area (TPSA) is 24.5 Å². The minimum absolute atomic E-state index is 0.0493. The Labute approximate surface area is 102 Å². The molecule has 0 unspecified atom stereocenters. The van der Waals surface area contributed by atoms with Gasteiger partial charge in [0.25, 0.3) is 0 Å². The van der Waals surface area contributed by atoms with E-state index in [1.807, 2.05) is 13.0 Å². The van der Waals surface area contributed by atoms with Gasteiger partial charge in [-0.1, -0.05) is 6.07 Å². The van der Waals surface area contributed by atoms with Crippen LogP contribution in [0.4, 0.5) is 4.39 Å². The van der Waals surface area contributed by atoms with Gasteiger partial charge in [-0.2, -0.15) is 0 Å². The lowest BCUT2D eigenvalue weighted by Crippen LogP contribution is -2.44. The van der Waals surface area contributed by atoms with Crippen molar-refractivity contribution < 1.29 is 9.13 Å². The normalized spacial score (nSPS) is 19.0. The van der Waals surface area contributed by atoms with Crippen LogP contribution in [0, 0.1) is 5.82 Å². The fourth-order valence-corrected chi connectivity index (χ4v) is 2.35. The van der Waals surface area contributed by atoms with E-state index >= 15 is 0 Å². The first-order valence-corrected chi connectivity index (χ1v) is 6.01. The number of hydrogen-bond donors (Lipinski definition) is 1. The molecule has 2 rings (SSSR count). The molecular weight excluding hydrogens is 219 g/mol. The Kier molecular flexibility index (Phi) is 3.97. The zero-order valence-electron chi connectivity index (χ0n) is 10.4. The van der Waals surface area contributed by atoms with E-state index in [-0.39, 0.29) is 11.9 Å². The maximum absolute atomic E-state index is 13.9. The number of halogens is 1. The number of nitrogens with one attached hydrogen (secondary N) is 1. The smallest absolute Gasteiger partial charge is 0.131 e. The molecule has 0 amide bonds. The molecule has 1 aliphatic rings. The molecule has 1 saturated heterocycles. The molecule has 0 aromatic heterocycles. The Morgan fingerprint density at radius 1 is 1.35 bits per heavy atom. The highest BCUT2D eigenvalue weighted by Crippen LogP contribution is 2.31. The molecule has 17 heavy (non-hydrogen) atoms. The predicted molar refractivity (Wildman–Crippen MR) is 65.8 cm³/mol. The van der Waals surface area contributed by atoms with Crippen LogP contribution in [-0.4, -0.2) is 38.2 Å². The van der Waals surface area contributed by atoms with Crippen molar-refractivity contribution in [3.05, 3.63) is 29.6 Å². The van der Waals surface area contributed by atoms with Crippen LogP contribution in [0.15, 0.2) is 18.2 Å². The van der Waals surface area contributed by atoms with Crippen LogP contribution in [0.3, 0.4) is 0 Å². The van der Waals surface area contributed by atoms with E-state index in [2.05, 4.69) is 10.2 Å². The summed E-state index contributed by atoms with van der Waals surface area (Å²) in [5.74, 6) is 0.450. The van der Waals surface area contributed by atoms with E-state index < -0.39 is 0 Å². The zero-order valence-corrected chi connectivity index (χ0v) is 10.4. The summed E-state index contributed by atoms with van der Waals surface area (Å²) in [6.07, 6.45) is 0. The summed E-state index contributed by atoms with van der Waals surface area (Å²) in [4.78, 5) is 2.28. The number of nitrogens with zero attached hydrogens (tertiary/aromatic N) is 1. The van der Waals surface area contributed by atoms with E-state index in [1.54, 1.807) is 13.2 Å². The average Bonchev–Trinajstić information content (AvgIpc) is 2.38. The standard InChI is InChI=1S/C13H19FN2O/c1-10(16-8-6-15-7-9-16)13-11(14)4-3-5-12(13)17-2/h3-5,10,15H,6-9H2,1-2H3/t10-/m1/s1. The molecule has 1 aliphatic heterocycles. The molecule has 1 heterocycles. The Hall–Kier alpha value is -1.13. The molecule has 1 aromatic rings. The summed E-state index contributed by atoms with van der Waals surface area (Å²) in [5.41, 5.74) is 0.664. The summed E-state index contributed by atoms with van der Waals surface area (Å²) < 4.78 is 19.2. The molecule has 94 valence electrons. The van der Waals surface area contributed by atoms with E-state index in [0.29, 0.717) is 11.3 Å². The maximum Gasteiger partial charge on any atom is 0.131 e. The monoisotopic (exact) mass is 238 g/mol. The minimum Gasteiger partial charge on any atom is -0.496 e. The van der Waals surface area contributed by atoms with Crippen molar-refractivity contribution in [2.45, 2.75) is 13.0 Å². The molecule has 3 nitrogen and oxygen atoms in total. The van der Waals surface area contributed by atoms with E-state index in [4.69, 9.17) is 4.74 Å². The summed E-state index contributed by atoms with van der Waals surface area (Å²) >= 11 is 0. The lowest BCUT2D eigenvalue weighted by atomic mass is 10.0. The quantitative estimate of drug-likeness (QED) is 0.869. The van der Waals surface area contributed by atoms with Crippen LogP contribution in [0.1, 0.15) is 18.5 Å². The van der Waals surface area contributed by atoms with Gasteiger partial charge < -0.3 is 10.1 Å². The third kappa shape index (κ3) is 2.58. The van der Waals surface area contributed by atoms with Crippen LogP contribution in [0.25, 0.3) is 0 Å². The second-order valence-electron chi connectivity index (χ2n) is 4.32. The van der Waals surface area contributed by atoms with Crippen molar-refractivity contribution in [1.29, 1.82) is 0 Å². The van der Waals surface area contributed by atoms with Crippen LogP contribution in [0.5, 0.6) is 5.75 Å². The predicted octanol–water partition coefficient (Wildman–Crippen LogP) is 1.80. The third-order valence-corrected chi connectivity index (χ3v) is 3.35. The Morgan fingerprint density at radius 3 is 2.71 bits per heavy atom. The molecule has 4 heteroatoms. The van der Waals surface area contributed by atoms with E-state index in [1.165, 1.54) is 6.07 Å². The van der Waals surface area contributed by atoms with Crippen molar-refractivity contribution >= 4 is 0 Å². The first kappa shape index (κ1) is 12.3. The van der Waals surface area contributed by atoms with Gasteiger partial charge in [-0.15, -0.1) is 0 Å². The summed E-state index contributed by atoms with van der Waals surface area (Å²) in [6.45, 7) is 5.84. The van der Waals surface area contributed by atoms with Crippen LogP contribution < -0.4 is 10.1 Å². The summed E-state index contributed by atoms with van der Waals surface area (Å²) in [6, 6.07) is 5.05. The second-order valence-corrected chi connectivity index (χ2v) is 4.32. The first-order valence-electron chi connectivity index (χ1n) is 6.01. The first-order chi connectivity index (χ1) is 8.24. The highest BCUT2D eigenvalue weighted by molar-refractivity contribution is 5.37. The van der Waals surface area contributed by atoms with E-state index in [0.717, 1.165) is 26.2 Å². The molecule has 1 fully saturated rings. The lowest BCUT2D eigenvalue weighted by Gasteiger charge is -2.33. The van der Waals surface area contributed by atoms with Crippen molar-refractivity contribution in [2.24, 2.45) is 0 Å². The molecule has 0 aliphatic carbocycles. The number of hydrogen-bond acceptors (Lipinski definition) is 3. The maximum atomic E-state index is 13.9. The van der Waals surface area contributed by atoms with Gasteiger partial charge in [-0.05, 0) is 19.1 Å². The average molecular weight is 238 g/mol. The highest BCUT2D eigenvalue weighted by Gasteiger charge is 2.23. The van der Waals surface area contributed by atoms with Gasteiger partial charge in [0.2, 0.25) is 0 Å². The van der Waals surface area contributed by atoms with Gasteiger partial charge in [0.1, 0.15) is 11.6 Å². The fraction of sp³-hybridized carbons (Fsp3) is 0.538. The molecule has 0 saturated carbocycles. The minimum atomic E-state index is -0.185. The van der Waals surface area contributed by atoms with Gasteiger partial charge in [0.15, 0.2) is 0 Å². The molecule has 0 radical (unpaired) electrons. The number of ether oxygens (including phenoxy) is 1. The molecule has 0 spiro atoms. The van der Waals surface area contributed by atoms with Gasteiger partial charge in [-0.3, -0.25) is 4.90 Å².